The van der Waals surface area contributed by atoms with Crippen LogP contribution < -0.4 is 11.2 Å². The van der Waals surface area contributed by atoms with Gasteiger partial charge in [-0.15, -0.1) is 0 Å². The minimum Gasteiger partial charge on any atom is -0.494 e. The maximum Gasteiger partial charge on any atom is 0.335 e. The van der Waals surface area contributed by atoms with Gasteiger partial charge in [0.05, 0.1) is 16.1 Å². The van der Waals surface area contributed by atoms with Crippen molar-refractivity contribution in [1.82, 2.24) is 9.55 Å². The van der Waals surface area contributed by atoms with Crippen LogP contribution in [0.25, 0.3) is 5.69 Å². The molecule has 0 fully saturated rings. The number of aromatic amines is 1. The lowest BCUT2D eigenvalue weighted by molar-refractivity contribution is 0.423. The van der Waals surface area contributed by atoms with E-state index in [4.69, 9.17) is 0 Å². The Bertz CT molecular complexity index is 892. The van der Waals surface area contributed by atoms with Gasteiger partial charge in [-0.1, -0.05) is 6.92 Å². The van der Waals surface area contributed by atoms with Crippen molar-refractivity contribution < 1.29 is 13.5 Å². The molecule has 21 heavy (non-hydrogen) atoms. The van der Waals surface area contributed by atoms with Crippen LogP contribution in [0.4, 0.5) is 0 Å². The lowest BCUT2D eigenvalue weighted by Gasteiger charge is -2.10. The largest absolute Gasteiger partial charge is 0.494 e. The maximum atomic E-state index is 11.8. The van der Waals surface area contributed by atoms with E-state index in [1.54, 1.807) is 6.92 Å². The van der Waals surface area contributed by atoms with Crippen LogP contribution in [0.5, 0.6) is 5.88 Å². The quantitative estimate of drug-likeness (QED) is 0.841. The Hall–Kier alpha value is -2.35. The smallest absolute Gasteiger partial charge is 0.335 e. The van der Waals surface area contributed by atoms with E-state index in [-0.39, 0.29) is 22.6 Å². The van der Waals surface area contributed by atoms with Gasteiger partial charge < -0.3 is 5.11 Å². The molecule has 2 N–H and O–H groups in total. The number of rotatable bonds is 3. The Morgan fingerprint density at radius 2 is 1.76 bits per heavy atom. The molecule has 0 atom stereocenters. The molecule has 8 heteroatoms. The Kier molecular flexibility index (Phi) is 3.73. The average molecular weight is 310 g/mol. The number of sulfone groups is 1. The Morgan fingerprint density at radius 1 is 1.19 bits per heavy atom. The van der Waals surface area contributed by atoms with E-state index in [2.05, 4.69) is 4.98 Å². The zero-order valence-corrected chi connectivity index (χ0v) is 12.3. The molecule has 0 radical (unpaired) electrons. The first-order valence-corrected chi connectivity index (χ1v) is 8.02. The maximum absolute atomic E-state index is 11.8. The van der Waals surface area contributed by atoms with Crippen molar-refractivity contribution in [3.8, 4) is 11.6 Å². The molecule has 0 aliphatic carbocycles. The lowest BCUT2D eigenvalue weighted by Crippen LogP contribution is -2.31. The van der Waals surface area contributed by atoms with Gasteiger partial charge in [0, 0.05) is 6.26 Å². The minimum absolute atomic E-state index is 0.0850. The minimum atomic E-state index is -3.35. The SMILES string of the molecule is CCc1c(O)n(-c2ccc(S(C)(=O)=O)cc2)c(=O)[nH]c1=O. The predicted octanol–water partition coefficient (Wildman–Crippen LogP) is 0.197. The number of benzene rings is 1. The monoisotopic (exact) mass is 310 g/mol. The highest BCUT2D eigenvalue weighted by molar-refractivity contribution is 7.90. The van der Waals surface area contributed by atoms with Crippen molar-refractivity contribution in [1.29, 1.82) is 0 Å². The van der Waals surface area contributed by atoms with E-state index >= 15 is 0 Å². The van der Waals surface area contributed by atoms with E-state index in [0.717, 1.165) is 10.8 Å². The molecule has 1 heterocycles. The van der Waals surface area contributed by atoms with Crippen LogP contribution in [0.3, 0.4) is 0 Å². The fourth-order valence-electron chi connectivity index (χ4n) is 1.96. The molecule has 2 rings (SSSR count). The normalized spacial score (nSPS) is 11.5. The van der Waals surface area contributed by atoms with E-state index in [0.29, 0.717) is 0 Å². The predicted molar refractivity (Wildman–Crippen MR) is 76.8 cm³/mol. The first-order valence-electron chi connectivity index (χ1n) is 6.13. The molecule has 1 aromatic heterocycles. The summed E-state index contributed by atoms with van der Waals surface area (Å²) in [5.41, 5.74) is -1.08. The summed E-state index contributed by atoms with van der Waals surface area (Å²) in [6, 6.07) is 5.42. The summed E-state index contributed by atoms with van der Waals surface area (Å²) < 4.78 is 23.7. The third kappa shape index (κ3) is 2.75. The van der Waals surface area contributed by atoms with Crippen molar-refractivity contribution in [3.05, 3.63) is 50.7 Å². The van der Waals surface area contributed by atoms with E-state index < -0.39 is 27.0 Å². The van der Waals surface area contributed by atoms with Crippen LogP contribution in [0.2, 0.25) is 0 Å². The summed E-state index contributed by atoms with van der Waals surface area (Å²) in [5.74, 6) is -0.446. The highest BCUT2D eigenvalue weighted by Crippen LogP contribution is 2.18. The van der Waals surface area contributed by atoms with Crippen molar-refractivity contribution in [3.63, 3.8) is 0 Å². The molecule has 1 aromatic carbocycles. The van der Waals surface area contributed by atoms with Gasteiger partial charge in [0.2, 0.25) is 5.88 Å². The second kappa shape index (κ2) is 5.21. The van der Waals surface area contributed by atoms with Crippen LogP contribution in [0.15, 0.2) is 38.8 Å². The Balaban J connectivity index is 2.68. The molecule has 7 nitrogen and oxygen atoms in total. The molecule has 0 saturated heterocycles. The molecule has 0 saturated carbocycles. The Labute approximate surface area is 120 Å². The zero-order chi connectivity index (χ0) is 15.8. The van der Waals surface area contributed by atoms with Gasteiger partial charge in [0.25, 0.3) is 5.56 Å². The zero-order valence-electron chi connectivity index (χ0n) is 11.5. The van der Waals surface area contributed by atoms with Gasteiger partial charge in [-0.2, -0.15) is 0 Å². The summed E-state index contributed by atoms with van der Waals surface area (Å²) in [5, 5.41) is 10.1. The van der Waals surface area contributed by atoms with Gasteiger partial charge in [-0.3, -0.25) is 9.78 Å². The first kappa shape index (κ1) is 15.0. The molecule has 0 amide bonds. The average Bonchev–Trinajstić information content (AvgIpc) is 2.38. The van der Waals surface area contributed by atoms with Crippen molar-refractivity contribution in [2.75, 3.05) is 6.26 Å². The number of H-pyrrole nitrogens is 1. The van der Waals surface area contributed by atoms with Crippen molar-refractivity contribution in [2.24, 2.45) is 0 Å². The van der Waals surface area contributed by atoms with Crippen molar-refractivity contribution in [2.45, 2.75) is 18.2 Å². The van der Waals surface area contributed by atoms with E-state index in [1.165, 1.54) is 24.3 Å². The van der Waals surface area contributed by atoms with E-state index in [1.807, 2.05) is 0 Å². The van der Waals surface area contributed by atoms with Crippen LogP contribution in [0.1, 0.15) is 12.5 Å². The summed E-state index contributed by atoms with van der Waals surface area (Å²) in [4.78, 5) is 25.6. The summed E-state index contributed by atoms with van der Waals surface area (Å²) >= 11 is 0. The molecule has 0 unspecified atom stereocenters. The molecular weight excluding hydrogens is 296 g/mol. The number of hydrogen-bond donors (Lipinski definition) is 2. The standard InChI is InChI=1S/C13H14N2O5S/c1-3-10-11(16)14-13(18)15(12(10)17)8-4-6-9(7-5-8)21(2,19)20/h4-7,17H,3H2,1-2H3,(H,14,16,18). The molecule has 0 spiro atoms. The Morgan fingerprint density at radius 3 is 2.24 bits per heavy atom. The molecular formula is C13H14N2O5S. The van der Waals surface area contributed by atoms with Crippen molar-refractivity contribution >= 4 is 9.84 Å². The second-order valence-corrected chi connectivity index (χ2v) is 6.53. The number of nitrogens with zero attached hydrogens (tertiary/aromatic N) is 1. The molecule has 0 aliphatic rings. The molecule has 2 aromatic rings. The fourth-order valence-corrected chi connectivity index (χ4v) is 2.59. The summed E-state index contributed by atoms with van der Waals surface area (Å²) in [6.07, 6.45) is 1.32. The second-order valence-electron chi connectivity index (χ2n) is 4.52. The molecule has 0 aliphatic heterocycles. The summed E-state index contributed by atoms with van der Waals surface area (Å²) in [7, 11) is -3.35. The van der Waals surface area contributed by atoms with Gasteiger partial charge in [-0.25, -0.2) is 17.8 Å². The highest BCUT2D eigenvalue weighted by atomic mass is 32.2. The van der Waals surface area contributed by atoms with Crippen LogP contribution in [0, 0.1) is 0 Å². The van der Waals surface area contributed by atoms with E-state index in [9.17, 15) is 23.1 Å². The van der Waals surface area contributed by atoms with Gasteiger partial charge in [0.1, 0.15) is 0 Å². The third-order valence-corrected chi connectivity index (χ3v) is 4.18. The van der Waals surface area contributed by atoms with Gasteiger partial charge in [0.15, 0.2) is 9.84 Å². The third-order valence-electron chi connectivity index (χ3n) is 3.06. The number of aromatic hydroxyl groups is 1. The number of nitrogens with one attached hydrogen (secondary N) is 1. The van der Waals surface area contributed by atoms with Gasteiger partial charge >= 0.3 is 5.69 Å². The van der Waals surface area contributed by atoms with Gasteiger partial charge in [-0.05, 0) is 30.7 Å². The number of aromatic nitrogens is 2. The topological polar surface area (TPSA) is 109 Å². The highest BCUT2D eigenvalue weighted by Gasteiger charge is 2.14. The van der Waals surface area contributed by atoms with Crippen LogP contribution in [-0.2, 0) is 16.3 Å². The molecule has 112 valence electrons. The van der Waals surface area contributed by atoms with Crippen LogP contribution in [-0.4, -0.2) is 29.3 Å². The number of hydrogen-bond acceptors (Lipinski definition) is 5. The molecule has 0 bridgehead atoms. The first-order chi connectivity index (χ1) is 9.75. The van der Waals surface area contributed by atoms with Crippen LogP contribution >= 0.6 is 0 Å². The lowest BCUT2D eigenvalue weighted by atomic mass is 10.2. The summed E-state index contributed by atoms with van der Waals surface area (Å²) in [6.45, 7) is 1.67. The fraction of sp³-hybridized carbons (Fsp3) is 0.231.